The summed E-state index contributed by atoms with van der Waals surface area (Å²) in [5, 5.41) is 3.56. The van der Waals surface area contributed by atoms with Gasteiger partial charge in [-0.1, -0.05) is 170 Å². The van der Waals surface area contributed by atoms with Gasteiger partial charge in [-0.05, 0) is 51.6 Å². The first-order valence-electron chi connectivity index (χ1n) is 19.6. The molecule has 0 unspecified atom stereocenters. The van der Waals surface area contributed by atoms with E-state index in [2.05, 4.69) is 151 Å². The molecule has 6 heteroatoms. The van der Waals surface area contributed by atoms with Gasteiger partial charge in [0.25, 0.3) is 0 Å². The number of rotatable bonds is 7. The molecular formula is C53H33N5S. The lowest BCUT2D eigenvalue weighted by Gasteiger charge is -2.11. The minimum atomic E-state index is 0.630. The summed E-state index contributed by atoms with van der Waals surface area (Å²) in [7, 11) is 0. The van der Waals surface area contributed by atoms with E-state index in [1.807, 2.05) is 54.9 Å². The van der Waals surface area contributed by atoms with Crippen molar-refractivity contribution in [2.75, 3.05) is 0 Å². The molecular weight excluding hydrogens is 739 g/mol. The van der Waals surface area contributed by atoms with Gasteiger partial charge in [0.1, 0.15) is 0 Å². The average molecular weight is 772 g/mol. The van der Waals surface area contributed by atoms with Gasteiger partial charge >= 0.3 is 0 Å². The van der Waals surface area contributed by atoms with Crippen molar-refractivity contribution in [3.05, 3.63) is 200 Å². The molecule has 0 aliphatic rings. The van der Waals surface area contributed by atoms with Crippen LogP contribution < -0.4 is 0 Å². The number of fused-ring (bicyclic) bond motifs is 5. The standard InChI is InChI=1S/C53H33N5S/c1-3-10-34(11-4-1)35-24-28-41(29-25-35)52-56-51(40-12-5-2-6-13-40)57-53(58-52)43-15-9-14-42(32-43)38-20-18-36(19-21-38)37-22-26-39(27-23-37)49-50-48(44-16-7-8-17-47(44)59-50)45-33-54-31-30-46(45)55-49/h1-33H. The van der Waals surface area contributed by atoms with Crippen molar-refractivity contribution in [3.63, 3.8) is 0 Å². The Labute approximate surface area is 345 Å². The highest BCUT2D eigenvalue weighted by atomic mass is 32.1. The van der Waals surface area contributed by atoms with Crippen LogP contribution in [0.5, 0.6) is 0 Å². The SMILES string of the molecule is c1ccc(-c2ccc(-c3nc(-c4ccccc4)nc(-c4cccc(-c5ccc(-c6ccc(-c7nc8ccncc8c8c7sc7ccccc78)cc6)cc5)c4)n3)cc2)cc1. The third kappa shape index (κ3) is 6.52. The molecule has 0 spiro atoms. The molecule has 0 fully saturated rings. The van der Waals surface area contributed by atoms with Gasteiger partial charge in [-0.3, -0.25) is 4.98 Å². The van der Waals surface area contributed by atoms with Crippen LogP contribution in [0.3, 0.4) is 0 Å². The molecule has 4 aromatic heterocycles. The molecule has 4 heterocycles. The number of nitrogens with zero attached hydrogens (tertiary/aromatic N) is 5. The lowest BCUT2D eigenvalue weighted by molar-refractivity contribution is 1.07. The van der Waals surface area contributed by atoms with Crippen molar-refractivity contribution < 1.29 is 0 Å². The van der Waals surface area contributed by atoms with E-state index in [4.69, 9.17) is 19.9 Å². The summed E-state index contributed by atoms with van der Waals surface area (Å²) < 4.78 is 2.44. The molecule has 0 aliphatic heterocycles. The van der Waals surface area contributed by atoms with E-state index >= 15 is 0 Å². The first kappa shape index (κ1) is 34.6. The Hall–Kier alpha value is -7.67. The van der Waals surface area contributed by atoms with Crippen molar-refractivity contribution in [3.8, 4) is 78.8 Å². The number of pyridine rings is 2. The van der Waals surface area contributed by atoms with Gasteiger partial charge in [-0.2, -0.15) is 0 Å². The number of aromatic nitrogens is 5. The summed E-state index contributed by atoms with van der Waals surface area (Å²) in [5.74, 6) is 1.90. The maximum absolute atomic E-state index is 5.16. The highest BCUT2D eigenvalue weighted by Gasteiger charge is 2.17. The number of benzene rings is 7. The molecule has 0 amide bonds. The van der Waals surface area contributed by atoms with E-state index in [0.29, 0.717) is 17.5 Å². The van der Waals surface area contributed by atoms with E-state index < -0.39 is 0 Å². The van der Waals surface area contributed by atoms with E-state index in [0.717, 1.165) is 66.7 Å². The fraction of sp³-hybridized carbons (Fsp3) is 0. The van der Waals surface area contributed by atoms with Gasteiger partial charge < -0.3 is 0 Å². The molecule has 11 aromatic rings. The Morgan fingerprint density at radius 2 is 0.814 bits per heavy atom. The van der Waals surface area contributed by atoms with Gasteiger partial charge in [0.15, 0.2) is 17.5 Å². The second-order valence-electron chi connectivity index (χ2n) is 14.5. The zero-order chi connectivity index (χ0) is 39.1. The van der Waals surface area contributed by atoms with Crippen molar-refractivity contribution in [1.82, 2.24) is 24.9 Å². The summed E-state index contributed by atoms with van der Waals surface area (Å²) in [5.41, 5.74) is 12.7. The fourth-order valence-corrected chi connectivity index (χ4v) is 9.06. The molecule has 0 saturated heterocycles. The first-order valence-corrected chi connectivity index (χ1v) is 20.4. The van der Waals surface area contributed by atoms with Crippen LogP contribution in [0.2, 0.25) is 0 Å². The summed E-state index contributed by atoms with van der Waals surface area (Å²) in [6.07, 6.45) is 3.76. The highest BCUT2D eigenvalue weighted by Crippen LogP contribution is 2.43. The molecule has 7 aromatic carbocycles. The highest BCUT2D eigenvalue weighted by molar-refractivity contribution is 7.26. The Kier molecular flexibility index (Phi) is 8.60. The van der Waals surface area contributed by atoms with E-state index in [-0.39, 0.29) is 0 Å². The maximum Gasteiger partial charge on any atom is 0.164 e. The molecule has 11 rings (SSSR count). The zero-order valence-electron chi connectivity index (χ0n) is 31.7. The van der Waals surface area contributed by atoms with Gasteiger partial charge in [0.05, 0.1) is 15.9 Å². The predicted molar refractivity (Wildman–Crippen MR) is 244 cm³/mol. The maximum atomic E-state index is 5.16. The summed E-state index contributed by atoms with van der Waals surface area (Å²) in [6.45, 7) is 0. The number of hydrogen-bond donors (Lipinski definition) is 0. The molecule has 0 radical (unpaired) electrons. The van der Waals surface area contributed by atoms with Gasteiger partial charge in [0, 0.05) is 55.5 Å². The normalized spacial score (nSPS) is 11.4. The molecule has 276 valence electrons. The van der Waals surface area contributed by atoms with Crippen molar-refractivity contribution >= 4 is 42.4 Å². The van der Waals surface area contributed by atoms with Crippen LogP contribution in [0.15, 0.2) is 200 Å². The lowest BCUT2D eigenvalue weighted by atomic mass is 9.97. The summed E-state index contributed by atoms with van der Waals surface area (Å²) in [4.78, 5) is 24.6. The largest absolute Gasteiger partial charge is 0.264 e. The minimum absolute atomic E-state index is 0.630. The third-order valence-electron chi connectivity index (χ3n) is 10.9. The number of thiophene rings is 1. The molecule has 59 heavy (non-hydrogen) atoms. The van der Waals surface area contributed by atoms with E-state index in [1.165, 1.54) is 25.7 Å². The van der Waals surface area contributed by atoms with Crippen LogP contribution in [0, 0.1) is 0 Å². The van der Waals surface area contributed by atoms with Crippen LogP contribution in [0.1, 0.15) is 0 Å². The van der Waals surface area contributed by atoms with Crippen LogP contribution in [0.25, 0.3) is 110 Å². The zero-order valence-corrected chi connectivity index (χ0v) is 32.5. The second-order valence-corrected chi connectivity index (χ2v) is 15.6. The molecule has 5 nitrogen and oxygen atoms in total. The Morgan fingerprint density at radius 1 is 0.339 bits per heavy atom. The van der Waals surface area contributed by atoms with Crippen LogP contribution in [-0.2, 0) is 0 Å². The Morgan fingerprint density at radius 3 is 1.47 bits per heavy atom. The topological polar surface area (TPSA) is 64.5 Å². The van der Waals surface area contributed by atoms with Gasteiger partial charge in [-0.25, -0.2) is 19.9 Å². The molecule has 0 aliphatic carbocycles. The van der Waals surface area contributed by atoms with Crippen LogP contribution >= 0.6 is 11.3 Å². The van der Waals surface area contributed by atoms with Crippen molar-refractivity contribution in [2.24, 2.45) is 0 Å². The molecule has 0 saturated carbocycles. The number of hydrogen-bond acceptors (Lipinski definition) is 6. The Balaban J connectivity index is 0.900. The minimum Gasteiger partial charge on any atom is -0.264 e. The molecule has 0 atom stereocenters. The van der Waals surface area contributed by atoms with E-state index in [1.54, 1.807) is 11.3 Å². The van der Waals surface area contributed by atoms with Gasteiger partial charge in [0.2, 0.25) is 0 Å². The van der Waals surface area contributed by atoms with E-state index in [9.17, 15) is 0 Å². The molecule has 0 bridgehead atoms. The summed E-state index contributed by atoms with van der Waals surface area (Å²) in [6, 6.07) is 65.5. The monoisotopic (exact) mass is 771 g/mol. The predicted octanol–water partition coefficient (Wildman–Crippen LogP) is 13.9. The van der Waals surface area contributed by atoms with Crippen LogP contribution in [-0.4, -0.2) is 24.9 Å². The smallest absolute Gasteiger partial charge is 0.164 e. The summed E-state index contributed by atoms with van der Waals surface area (Å²) >= 11 is 1.80. The van der Waals surface area contributed by atoms with Gasteiger partial charge in [-0.15, -0.1) is 11.3 Å². The van der Waals surface area contributed by atoms with Crippen molar-refractivity contribution in [2.45, 2.75) is 0 Å². The third-order valence-corrected chi connectivity index (χ3v) is 12.0. The Bertz CT molecular complexity index is 3290. The van der Waals surface area contributed by atoms with Crippen LogP contribution in [0.4, 0.5) is 0 Å². The lowest BCUT2D eigenvalue weighted by Crippen LogP contribution is -2.00. The quantitative estimate of drug-likeness (QED) is 0.161. The second kappa shape index (κ2) is 14.7. The first-order chi connectivity index (χ1) is 29.2. The molecule has 0 N–H and O–H groups in total. The van der Waals surface area contributed by atoms with Crippen molar-refractivity contribution in [1.29, 1.82) is 0 Å². The fourth-order valence-electron chi connectivity index (χ4n) is 7.83. The average Bonchev–Trinajstić information content (AvgIpc) is 3.72.